The number of hydrogen-bond acceptors (Lipinski definition) is 2. The summed E-state index contributed by atoms with van der Waals surface area (Å²) in [4.78, 5) is 14.1. The first kappa shape index (κ1) is 17.2. The van der Waals surface area contributed by atoms with Crippen molar-refractivity contribution in [2.24, 2.45) is 0 Å². The van der Waals surface area contributed by atoms with Gasteiger partial charge in [-0.1, -0.05) is 60.7 Å². The van der Waals surface area contributed by atoms with Crippen LogP contribution in [0.25, 0.3) is 0 Å². The third-order valence-corrected chi connectivity index (χ3v) is 3.83. The maximum absolute atomic E-state index is 12.1. The molecule has 0 bridgehead atoms. The van der Waals surface area contributed by atoms with Crippen molar-refractivity contribution in [2.45, 2.75) is 32.4 Å². The second-order valence-corrected chi connectivity index (χ2v) is 6.15. The molecule has 0 aliphatic rings. The Hall–Kier alpha value is -2.13. The largest absolute Gasteiger partial charge is 0.353 e. The van der Waals surface area contributed by atoms with E-state index in [1.54, 1.807) is 0 Å². The van der Waals surface area contributed by atoms with E-state index in [0.29, 0.717) is 6.54 Å². The summed E-state index contributed by atoms with van der Waals surface area (Å²) >= 11 is 0. The highest BCUT2D eigenvalue weighted by Crippen LogP contribution is 2.05. The molecule has 122 valence electrons. The van der Waals surface area contributed by atoms with Gasteiger partial charge in [-0.15, -0.1) is 0 Å². The third kappa shape index (κ3) is 6.66. The Labute approximate surface area is 139 Å². The molecule has 1 unspecified atom stereocenters. The van der Waals surface area contributed by atoms with E-state index in [4.69, 9.17) is 0 Å². The van der Waals surface area contributed by atoms with Crippen LogP contribution in [0.4, 0.5) is 0 Å². The first-order chi connectivity index (χ1) is 11.1. The summed E-state index contributed by atoms with van der Waals surface area (Å²) < 4.78 is 0. The molecule has 0 radical (unpaired) electrons. The quantitative estimate of drug-likeness (QED) is 0.812. The van der Waals surface area contributed by atoms with Gasteiger partial charge in [-0.25, -0.2) is 0 Å². The predicted octanol–water partition coefficient (Wildman–Crippen LogP) is 3.26. The Morgan fingerprint density at radius 3 is 2.17 bits per heavy atom. The number of rotatable bonds is 8. The van der Waals surface area contributed by atoms with Gasteiger partial charge in [0.2, 0.25) is 5.91 Å². The lowest BCUT2D eigenvalue weighted by atomic mass is 10.1. The highest BCUT2D eigenvalue weighted by atomic mass is 16.2. The minimum absolute atomic E-state index is 0.0870. The van der Waals surface area contributed by atoms with Gasteiger partial charge in [-0.05, 0) is 37.9 Å². The lowest BCUT2D eigenvalue weighted by Crippen LogP contribution is -2.39. The molecular formula is C20H26N2O. The molecule has 3 heteroatoms. The average Bonchev–Trinajstić information content (AvgIpc) is 2.54. The van der Waals surface area contributed by atoms with Crippen LogP contribution in [-0.4, -0.2) is 30.4 Å². The highest BCUT2D eigenvalue weighted by molar-refractivity contribution is 5.78. The van der Waals surface area contributed by atoms with E-state index >= 15 is 0 Å². The van der Waals surface area contributed by atoms with Gasteiger partial charge in [0.05, 0.1) is 6.54 Å². The molecule has 3 nitrogen and oxygen atoms in total. The summed E-state index contributed by atoms with van der Waals surface area (Å²) in [6.45, 7) is 3.27. The molecule has 1 atom stereocenters. The number of nitrogens with one attached hydrogen (secondary N) is 1. The first-order valence-corrected chi connectivity index (χ1v) is 8.19. The molecule has 0 aliphatic carbocycles. The Kier molecular flexibility index (Phi) is 6.82. The van der Waals surface area contributed by atoms with Gasteiger partial charge in [-0.3, -0.25) is 9.69 Å². The molecule has 2 aromatic rings. The molecule has 23 heavy (non-hydrogen) atoms. The zero-order valence-electron chi connectivity index (χ0n) is 14.0. The summed E-state index contributed by atoms with van der Waals surface area (Å²) in [6, 6.07) is 20.8. The van der Waals surface area contributed by atoms with Crippen LogP contribution >= 0.6 is 0 Å². The fourth-order valence-electron chi connectivity index (χ4n) is 2.62. The van der Waals surface area contributed by atoms with Gasteiger partial charge in [0.15, 0.2) is 0 Å². The monoisotopic (exact) mass is 310 g/mol. The second-order valence-electron chi connectivity index (χ2n) is 6.15. The molecule has 2 rings (SSSR count). The van der Waals surface area contributed by atoms with E-state index in [0.717, 1.165) is 19.4 Å². The molecule has 0 saturated heterocycles. The van der Waals surface area contributed by atoms with E-state index in [1.807, 2.05) is 36.2 Å². The molecule has 1 N–H and O–H groups in total. The van der Waals surface area contributed by atoms with Crippen LogP contribution in [0.5, 0.6) is 0 Å². The van der Waals surface area contributed by atoms with Crippen molar-refractivity contribution in [3.05, 3.63) is 71.8 Å². The summed E-state index contributed by atoms with van der Waals surface area (Å²) in [6.07, 6.45) is 1.94. The lowest BCUT2D eigenvalue weighted by molar-refractivity contribution is -0.122. The summed E-state index contributed by atoms with van der Waals surface area (Å²) in [5.41, 5.74) is 2.54. The van der Waals surface area contributed by atoms with Crippen molar-refractivity contribution in [3.8, 4) is 0 Å². The normalized spacial score (nSPS) is 12.1. The molecular weight excluding hydrogens is 284 g/mol. The molecule has 0 spiro atoms. The van der Waals surface area contributed by atoms with Gasteiger partial charge in [0, 0.05) is 12.6 Å². The average molecular weight is 310 g/mol. The Bertz CT molecular complexity index is 583. The van der Waals surface area contributed by atoms with Crippen LogP contribution in [-0.2, 0) is 17.8 Å². The molecule has 0 saturated carbocycles. The van der Waals surface area contributed by atoms with Gasteiger partial charge >= 0.3 is 0 Å². The topological polar surface area (TPSA) is 32.3 Å². The van der Waals surface area contributed by atoms with E-state index in [-0.39, 0.29) is 11.9 Å². The highest BCUT2D eigenvalue weighted by Gasteiger charge is 2.10. The SMILES string of the molecule is CC(CCc1ccccc1)NC(=O)CN(C)Cc1ccccc1. The Balaban J connectivity index is 1.69. The minimum Gasteiger partial charge on any atom is -0.353 e. The van der Waals surface area contributed by atoms with Crippen molar-refractivity contribution >= 4 is 5.91 Å². The van der Waals surface area contributed by atoms with Crippen molar-refractivity contribution in [1.82, 2.24) is 10.2 Å². The molecule has 1 amide bonds. The van der Waals surface area contributed by atoms with E-state index in [2.05, 4.69) is 48.6 Å². The van der Waals surface area contributed by atoms with Crippen molar-refractivity contribution in [3.63, 3.8) is 0 Å². The number of benzene rings is 2. The number of nitrogens with zero attached hydrogens (tertiary/aromatic N) is 1. The zero-order chi connectivity index (χ0) is 16.5. The zero-order valence-corrected chi connectivity index (χ0v) is 14.0. The molecule has 0 aromatic heterocycles. The summed E-state index contributed by atoms with van der Waals surface area (Å²) in [5.74, 6) is 0.0870. The minimum atomic E-state index is 0.0870. The van der Waals surface area contributed by atoms with Crippen LogP contribution in [0.15, 0.2) is 60.7 Å². The van der Waals surface area contributed by atoms with Crippen LogP contribution in [0.3, 0.4) is 0 Å². The molecule has 0 fully saturated rings. The molecule has 2 aromatic carbocycles. The third-order valence-electron chi connectivity index (χ3n) is 3.83. The number of likely N-dealkylation sites (N-methyl/N-ethyl adjacent to an activating group) is 1. The fraction of sp³-hybridized carbons (Fsp3) is 0.350. The van der Waals surface area contributed by atoms with Crippen LogP contribution in [0, 0.1) is 0 Å². The van der Waals surface area contributed by atoms with E-state index < -0.39 is 0 Å². The van der Waals surface area contributed by atoms with Crippen LogP contribution in [0.2, 0.25) is 0 Å². The number of carbonyl (C=O) groups is 1. The summed E-state index contributed by atoms with van der Waals surface area (Å²) in [7, 11) is 1.97. The van der Waals surface area contributed by atoms with Gasteiger partial charge in [0.1, 0.15) is 0 Å². The van der Waals surface area contributed by atoms with Crippen molar-refractivity contribution in [2.75, 3.05) is 13.6 Å². The number of aryl methyl sites for hydroxylation is 1. The van der Waals surface area contributed by atoms with Crippen molar-refractivity contribution in [1.29, 1.82) is 0 Å². The maximum Gasteiger partial charge on any atom is 0.234 e. The summed E-state index contributed by atoms with van der Waals surface area (Å²) in [5, 5.41) is 3.09. The smallest absolute Gasteiger partial charge is 0.234 e. The van der Waals surface area contributed by atoms with E-state index in [1.165, 1.54) is 11.1 Å². The van der Waals surface area contributed by atoms with Gasteiger partial charge in [0.25, 0.3) is 0 Å². The Morgan fingerprint density at radius 2 is 1.57 bits per heavy atom. The Morgan fingerprint density at radius 1 is 1.00 bits per heavy atom. The van der Waals surface area contributed by atoms with E-state index in [9.17, 15) is 4.79 Å². The van der Waals surface area contributed by atoms with Crippen molar-refractivity contribution < 1.29 is 4.79 Å². The number of carbonyl (C=O) groups excluding carboxylic acids is 1. The number of hydrogen-bond donors (Lipinski definition) is 1. The molecule has 0 aliphatic heterocycles. The second kappa shape index (κ2) is 9.11. The maximum atomic E-state index is 12.1. The van der Waals surface area contributed by atoms with Crippen LogP contribution < -0.4 is 5.32 Å². The standard InChI is InChI=1S/C20H26N2O/c1-17(13-14-18-9-5-3-6-10-18)21-20(23)16-22(2)15-19-11-7-4-8-12-19/h3-12,17H,13-16H2,1-2H3,(H,21,23). The number of amides is 1. The fourth-order valence-corrected chi connectivity index (χ4v) is 2.62. The van der Waals surface area contributed by atoms with Gasteiger partial charge < -0.3 is 5.32 Å². The van der Waals surface area contributed by atoms with Gasteiger partial charge in [-0.2, -0.15) is 0 Å². The molecule has 0 heterocycles. The predicted molar refractivity (Wildman–Crippen MR) is 95.1 cm³/mol. The first-order valence-electron chi connectivity index (χ1n) is 8.19. The van der Waals surface area contributed by atoms with Crippen LogP contribution in [0.1, 0.15) is 24.5 Å². The lowest BCUT2D eigenvalue weighted by Gasteiger charge is -2.19.